The van der Waals surface area contributed by atoms with Crippen LogP contribution in [0.4, 0.5) is 5.69 Å². The molecule has 2 aromatic carbocycles. The lowest BCUT2D eigenvalue weighted by Crippen LogP contribution is -2.03. The average molecular weight is 253 g/mol. The van der Waals surface area contributed by atoms with Crippen molar-refractivity contribution in [1.82, 2.24) is 0 Å². The second-order valence-electron chi connectivity index (χ2n) is 4.67. The van der Waals surface area contributed by atoms with Crippen molar-refractivity contribution in [2.45, 2.75) is 12.5 Å². The summed E-state index contributed by atoms with van der Waals surface area (Å²) in [6.45, 7) is 0. The van der Waals surface area contributed by atoms with Gasteiger partial charge in [-0.05, 0) is 22.8 Å². The highest BCUT2D eigenvalue weighted by Crippen LogP contribution is 2.30. The molecule has 0 bridgehead atoms. The summed E-state index contributed by atoms with van der Waals surface area (Å²) in [7, 11) is 1.70. The first-order valence-electron chi connectivity index (χ1n) is 6.28. The molecule has 19 heavy (non-hydrogen) atoms. The molecule has 96 valence electrons. The summed E-state index contributed by atoms with van der Waals surface area (Å²) in [5.74, 6) is 0.0563. The second-order valence-corrected chi connectivity index (χ2v) is 4.67. The quantitative estimate of drug-likeness (QED) is 0.913. The maximum Gasteiger partial charge on any atom is 0.228 e. The third-order valence-corrected chi connectivity index (χ3v) is 3.40. The summed E-state index contributed by atoms with van der Waals surface area (Å²) in [6.07, 6.45) is 0.358. The van der Waals surface area contributed by atoms with Gasteiger partial charge in [-0.2, -0.15) is 0 Å². The molecule has 0 aliphatic carbocycles. The van der Waals surface area contributed by atoms with Crippen LogP contribution < -0.4 is 5.32 Å². The van der Waals surface area contributed by atoms with Gasteiger partial charge < -0.3 is 10.1 Å². The van der Waals surface area contributed by atoms with Gasteiger partial charge in [-0.1, -0.05) is 42.5 Å². The molecule has 0 fully saturated rings. The summed E-state index contributed by atoms with van der Waals surface area (Å²) >= 11 is 0. The standard InChI is InChI=1S/C16H15NO2/c1-19-16(11-5-3-2-4-6-11)12-7-8-14-13(9-12)10-15(18)17-14/h2-9,16H,10H2,1H3,(H,17,18). The predicted octanol–water partition coefficient (Wildman–Crippen LogP) is 2.92. The Morgan fingerprint density at radius 1 is 1.11 bits per heavy atom. The van der Waals surface area contributed by atoms with Crippen molar-refractivity contribution in [3.05, 3.63) is 65.2 Å². The minimum absolute atomic E-state index is 0.0563. The monoisotopic (exact) mass is 253 g/mol. The molecule has 0 saturated carbocycles. The fraction of sp³-hybridized carbons (Fsp3) is 0.188. The zero-order valence-corrected chi connectivity index (χ0v) is 10.7. The minimum atomic E-state index is -0.0952. The number of methoxy groups -OCH3 is 1. The molecule has 1 aliphatic heterocycles. The maximum atomic E-state index is 11.4. The van der Waals surface area contributed by atoms with E-state index < -0.39 is 0 Å². The summed E-state index contributed by atoms with van der Waals surface area (Å²) in [5.41, 5.74) is 4.14. The van der Waals surface area contributed by atoms with E-state index in [1.807, 2.05) is 42.5 Å². The zero-order chi connectivity index (χ0) is 13.2. The summed E-state index contributed by atoms with van der Waals surface area (Å²) in [5, 5.41) is 2.84. The van der Waals surface area contributed by atoms with Crippen LogP contribution in [-0.2, 0) is 16.0 Å². The molecule has 3 heteroatoms. The zero-order valence-electron chi connectivity index (χ0n) is 10.7. The highest BCUT2D eigenvalue weighted by atomic mass is 16.5. The molecule has 2 aromatic rings. The Hall–Kier alpha value is -2.13. The molecule has 1 unspecified atom stereocenters. The molecular weight excluding hydrogens is 238 g/mol. The van der Waals surface area contributed by atoms with Gasteiger partial charge in [-0.25, -0.2) is 0 Å². The van der Waals surface area contributed by atoms with E-state index in [0.717, 1.165) is 22.4 Å². The van der Waals surface area contributed by atoms with Crippen LogP contribution in [0.3, 0.4) is 0 Å². The number of hydrogen-bond donors (Lipinski definition) is 1. The molecular formula is C16H15NO2. The van der Waals surface area contributed by atoms with Gasteiger partial charge in [0.2, 0.25) is 5.91 Å². The largest absolute Gasteiger partial charge is 0.372 e. The lowest BCUT2D eigenvalue weighted by molar-refractivity contribution is -0.115. The van der Waals surface area contributed by atoms with Gasteiger partial charge in [0.05, 0.1) is 6.42 Å². The van der Waals surface area contributed by atoms with Crippen molar-refractivity contribution < 1.29 is 9.53 Å². The molecule has 1 N–H and O–H groups in total. The molecule has 3 rings (SSSR count). The Bertz CT molecular complexity index is 607. The Morgan fingerprint density at radius 2 is 1.89 bits per heavy atom. The number of benzene rings is 2. The van der Waals surface area contributed by atoms with Crippen LogP contribution in [-0.4, -0.2) is 13.0 Å². The molecule has 0 radical (unpaired) electrons. The third-order valence-electron chi connectivity index (χ3n) is 3.40. The topological polar surface area (TPSA) is 38.3 Å². The van der Waals surface area contributed by atoms with Crippen molar-refractivity contribution in [3.63, 3.8) is 0 Å². The van der Waals surface area contributed by atoms with E-state index >= 15 is 0 Å². The van der Waals surface area contributed by atoms with E-state index in [1.54, 1.807) is 7.11 Å². The summed E-state index contributed by atoms with van der Waals surface area (Å²) in [4.78, 5) is 11.4. The Labute approximate surface area is 112 Å². The molecule has 0 saturated heterocycles. The van der Waals surface area contributed by atoms with Crippen LogP contribution in [0.2, 0.25) is 0 Å². The van der Waals surface area contributed by atoms with Crippen LogP contribution >= 0.6 is 0 Å². The Balaban J connectivity index is 1.97. The van der Waals surface area contributed by atoms with Crippen LogP contribution in [0.1, 0.15) is 22.8 Å². The Kier molecular flexibility index (Phi) is 3.05. The minimum Gasteiger partial charge on any atom is -0.372 e. The lowest BCUT2D eigenvalue weighted by Gasteiger charge is -2.17. The van der Waals surface area contributed by atoms with Gasteiger partial charge in [0.1, 0.15) is 6.10 Å². The molecule has 0 aromatic heterocycles. The van der Waals surface area contributed by atoms with Gasteiger partial charge in [-0.15, -0.1) is 0 Å². The predicted molar refractivity (Wildman–Crippen MR) is 74.1 cm³/mol. The van der Waals surface area contributed by atoms with Gasteiger partial charge in [0.15, 0.2) is 0 Å². The van der Waals surface area contributed by atoms with Crippen molar-refractivity contribution in [2.75, 3.05) is 12.4 Å². The van der Waals surface area contributed by atoms with E-state index in [0.29, 0.717) is 6.42 Å². The number of hydrogen-bond acceptors (Lipinski definition) is 2. The first-order valence-corrected chi connectivity index (χ1v) is 6.28. The van der Waals surface area contributed by atoms with Gasteiger partial charge in [0, 0.05) is 12.8 Å². The smallest absolute Gasteiger partial charge is 0.228 e. The Morgan fingerprint density at radius 3 is 2.63 bits per heavy atom. The number of nitrogens with one attached hydrogen (secondary N) is 1. The summed E-state index contributed by atoms with van der Waals surface area (Å²) < 4.78 is 5.60. The van der Waals surface area contributed by atoms with E-state index in [1.165, 1.54) is 0 Å². The first-order chi connectivity index (χ1) is 9.28. The average Bonchev–Trinajstić information content (AvgIpc) is 2.80. The van der Waals surface area contributed by atoms with Gasteiger partial charge >= 0.3 is 0 Å². The van der Waals surface area contributed by atoms with Gasteiger partial charge in [-0.3, -0.25) is 4.79 Å². The van der Waals surface area contributed by atoms with Crippen LogP contribution in [0.25, 0.3) is 0 Å². The molecule has 1 heterocycles. The van der Waals surface area contributed by atoms with E-state index in [4.69, 9.17) is 4.74 Å². The number of anilines is 1. The number of fused-ring (bicyclic) bond motifs is 1. The number of amides is 1. The molecule has 1 atom stereocenters. The normalized spacial score (nSPS) is 14.9. The SMILES string of the molecule is COC(c1ccccc1)c1ccc2c(c1)CC(=O)N2. The van der Waals surface area contributed by atoms with Gasteiger partial charge in [0.25, 0.3) is 0 Å². The van der Waals surface area contributed by atoms with Crippen LogP contribution in [0.5, 0.6) is 0 Å². The third kappa shape index (κ3) is 2.25. The number of ether oxygens (including phenoxy) is 1. The van der Waals surface area contributed by atoms with Crippen LogP contribution in [0, 0.1) is 0 Å². The highest BCUT2D eigenvalue weighted by Gasteiger charge is 2.20. The summed E-state index contributed by atoms with van der Waals surface area (Å²) in [6, 6.07) is 16.1. The molecule has 1 aliphatic rings. The van der Waals surface area contributed by atoms with E-state index in [2.05, 4.69) is 11.4 Å². The maximum absolute atomic E-state index is 11.4. The first kappa shape index (κ1) is 11.9. The van der Waals surface area contributed by atoms with Crippen molar-refractivity contribution in [2.24, 2.45) is 0 Å². The van der Waals surface area contributed by atoms with E-state index in [9.17, 15) is 4.79 Å². The number of rotatable bonds is 3. The fourth-order valence-electron chi connectivity index (χ4n) is 2.50. The molecule has 3 nitrogen and oxygen atoms in total. The fourth-order valence-corrected chi connectivity index (χ4v) is 2.50. The number of carbonyl (C=O) groups is 1. The molecule has 1 amide bonds. The van der Waals surface area contributed by atoms with E-state index in [-0.39, 0.29) is 12.0 Å². The van der Waals surface area contributed by atoms with Crippen molar-refractivity contribution in [3.8, 4) is 0 Å². The highest BCUT2D eigenvalue weighted by molar-refractivity contribution is 5.99. The second kappa shape index (κ2) is 4.86. The van der Waals surface area contributed by atoms with Crippen LogP contribution in [0.15, 0.2) is 48.5 Å². The number of carbonyl (C=O) groups excluding carboxylic acids is 1. The molecule has 0 spiro atoms. The van der Waals surface area contributed by atoms with Crippen molar-refractivity contribution in [1.29, 1.82) is 0 Å². The van der Waals surface area contributed by atoms with Crippen molar-refractivity contribution >= 4 is 11.6 Å². The lowest BCUT2D eigenvalue weighted by atomic mass is 9.98.